The maximum atomic E-state index is 14.0. The number of hydrogen-bond acceptors (Lipinski definition) is 7. The van der Waals surface area contributed by atoms with Gasteiger partial charge in [0, 0.05) is 35.1 Å². The lowest BCUT2D eigenvalue weighted by Gasteiger charge is -2.23. The van der Waals surface area contributed by atoms with Crippen LogP contribution < -0.4 is 10.6 Å². The highest BCUT2D eigenvalue weighted by Gasteiger charge is 2.43. The van der Waals surface area contributed by atoms with Crippen molar-refractivity contribution in [1.29, 1.82) is 5.26 Å². The Morgan fingerprint density at radius 1 is 1.28 bits per heavy atom. The topological polar surface area (TPSA) is 104 Å². The van der Waals surface area contributed by atoms with Crippen molar-refractivity contribution in [2.45, 2.75) is 59.0 Å². The minimum atomic E-state index is -0.544. The Balaban J connectivity index is 1.63. The Labute approximate surface area is 245 Å². The molecule has 5 rings (SSSR count). The fraction of sp³-hybridized carbons (Fsp3) is 0.393. The van der Waals surface area contributed by atoms with Crippen LogP contribution in [0.25, 0.3) is 10.9 Å². The Morgan fingerprint density at radius 3 is 2.67 bits per heavy atom. The van der Waals surface area contributed by atoms with Crippen molar-refractivity contribution >= 4 is 56.5 Å². The molecule has 8 nitrogen and oxygen atoms in total. The van der Waals surface area contributed by atoms with Gasteiger partial charge in [-0.05, 0) is 72.9 Å². The molecule has 2 N–H and O–H groups in total. The number of nitriles is 1. The van der Waals surface area contributed by atoms with Crippen LogP contribution in [0.2, 0.25) is 5.02 Å². The predicted molar refractivity (Wildman–Crippen MR) is 159 cm³/mol. The van der Waals surface area contributed by atoms with Gasteiger partial charge in [-0.1, -0.05) is 43.7 Å². The molecule has 39 heavy (non-hydrogen) atoms. The molecular formula is C28H29ClFIN8. The number of hydrogen-bond donors (Lipinski definition) is 2. The monoisotopic (exact) mass is 658 g/mol. The molecule has 4 aromatic rings. The van der Waals surface area contributed by atoms with E-state index in [1.54, 1.807) is 25.3 Å². The lowest BCUT2D eigenvalue weighted by Crippen LogP contribution is -2.20. The van der Waals surface area contributed by atoms with Crippen LogP contribution in [-0.2, 0) is 5.54 Å². The van der Waals surface area contributed by atoms with E-state index in [0.29, 0.717) is 45.4 Å². The Hall–Kier alpha value is -3.04. The van der Waals surface area contributed by atoms with Crippen LogP contribution >= 0.6 is 34.2 Å². The van der Waals surface area contributed by atoms with Gasteiger partial charge >= 0.3 is 0 Å². The quantitative estimate of drug-likeness (QED) is 0.163. The molecule has 1 aliphatic rings. The summed E-state index contributed by atoms with van der Waals surface area (Å²) in [5, 5.41) is 27.0. The Kier molecular flexibility index (Phi) is 7.18. The first-order valence-corrected chi connectivity index (χ1v) is 14.1. The summed E-state index contributed by atoms with van der Waals surface area (Å²) in [6.07, 6.45) is 3.63. The van der Waals surface area contributed by atoms with Gasteiger partial charge in [-0.15, -0.1) is 5.10 Å². The highest BCUT2D eigenvalue weighted by atomic mass is 127. The molecule has 202 valence electrons. The molecule has 1 atom stereocenters. The maximum Gasteiger partial charge on any atom is 0.213 e. The van der Waals surface area contributed by atoms with Crippen LogP contribution in [0.4, 0.5) is 15.8 Å². The second-order valence-corrected chi connectivity index (χ2v) is 12.9. The Bertz CT molecular complexity index is 1620. The summed E-state index contributed by atoms with van der Waals surface area (Å²) >= 11 is 9.02. The summed E-state index contributed by atoms with van der Waals surface area (Å²) in [6.45, 7) is 11.0. The third-order valence-corrected chi connectivity index (χ3v) is 8.25. The third-order valence-electron chi connectivity index (χ3n) is 6.95. The minimum Gasteiger partial charge on any atom is -0.383 e. The van der Waals surface area contributed by atoms with Crippen molar-refractivity contribution in [3.05, 3.63) is 67.6 Å². The molecule has 3 aromatic heterocycles. The zero-order valence-corrected chi connectivity index (χ0v) is 25.3. The van der Waals surface area contributed by atoms with Crippen LogP contribution in [0.3, 0.4) is 0 Å². The van der Waals surface area contributed by atoms with Gasteiger partial charge in [-0.2, -0.15) is 9.65 Å². The first kappa shape index (κ1) is 27.5. The van der Waals surface area contributed by atoms with Crippen LogP contribution in [0.1, 0.15) is 69.1 Å². The van der Waals surface area contributed by atoms with Gasteiger partial charge < -0.3 is 10.6 Å². The molecule has 0 unspecified atom stereocenters. The first-order chi connectivity index (χ1) is 18.4. The fourth-order valence-corrected chi connectivity index (χ4v) is 5.84. The van der Waals surface area contributed by atoms with E-state index < -0.39 is 12.0 Å². The van der Waals surface area contributed by atoms with E-state index in [1.165, 1.54) is 6.07 Å². The van der Waals surface area contributed by atoms with Gasteiger partial charge in [0.1, 0.15) is 21.5 Å². The molecule has 1 fully saturated rings. The average molecular weight is 659 g/mol. The number of halogens is 3. The molecule has 0 radical (unpaired) electrons. The van der Waals surface area contributed by atoms with E-state index in [0.717, 1.165) is 27.5 Å². The number of aryl methyl sites for hydroxylation is 1. The Morgan fingerprint density at radius 2 is 2.03 bits per heavy atom. The summed E-state index contributed by atoms with van der Waals surface area (Å²) < 4.78 is 16.8. The molecule has 11 heteroatoms. The highest BCUT2D eigenvalue weighted by molar-refractivity contribution is 14.1. The average Bonchev–Trinajstić information content (AvgIpc) is 3.49. The third kappa shape index (κ3) is 5.52. The standard InChI is InChI=1S/C28H29ClFIN8/c1-15-18(6-7-21(30)35-15)24(25-26(31)39(38-37-25)28(5)8-9-28)36-17-10-19-22(34-14-27(2,3)4)16(12-32)13-33-23(19)20(29)11-17/h6-7,10-11,13,24,36H,8-9,14H2,1-5H3,(H,33,34)/t24-/m0/s1. The molecule has 1 saturated carbocycles. The van der Waals surface area contributed by atoms with Gasteiger partial charge in [-0.3, -0.25) is 4.98 Å². The van der Waals surface area contributed by atoms with Gasteiger partial charge in [-0.25, -0.2) is 9.67 Å². The summed E-state index contributed by atoms with van der Waals surface area (Å²) in [4.78, 5) is 8.53. The van der Waals surface area contributed by atoms with Gasteiger partial charge in [0.25, 0.3) is 0 Å². The zero-order chi connectivity index (χ0) is 28.1. The number of anilines is 2. The van der Waals surface area contributed by atoms with E-state index in [-0.39, 0.29) is 11.0 Å². The SMILES string of the molecule is Cc1nc(F)ccc1[C@H](Nc1cc(Cl)c2ncc(C#N)c(NCC(C)(C)C)c2c1)c1nnn(C2(C)CC2)c1I. The molecular weight excluding hydrogens is 630 g/mol. The summed E-state index contributed by atoms with van der Waals surface area (Å²) in [6, 6.07) is 8.56. The van der Waals surface area contributed by atoms with Gasteiger partial charge in [0.05, 0.1) is 27.3 Å². The molecule has 0 aliphatic heterocycles. The fourth-order valence-electron chi connectivity index (χ4n) is 4.47. The van der Waals surface area contributed by atoms with Crippen LogP contribution in [0.15, 0.2) is 30.5 Å². The molecule has 0 spiro atoms. The highest BCUT2D eigenvalue weighted by Crippen LogP contribution is 2.44. The summed E-state index contributed by atoms with van der Waals surface area (Å²) in [5.41, 5.74) is 4.38. The van der Waals surface area contributed by atoms with Crippen molar-refractivity contribution in [2.75, 3.05) is 17.2 Å². The van der Waals surface area contributed by atoms with E-state index in [1.807, 2.05) is 10.7 Å². The minimum absolute atomic E-state index is 0.0130. The van der Waals surface area contributed by atoms with Crippen LogP contribution in [0, 0.1) is 33.3 Å². The number of aromatic nitrogens is 5. The molecule has 3 heterocycles. The number of nitrogens with one attached hydrogen (secondary N) is 2. The van der Waals surface area contributed by atoms with Crippen molar-refractivity contribution in [2.24, 2.45) is 5.41 Å². The zero-order valence-electron chi connectivity index (χ0n) is 22.4. The molecule has 0 bridgehead atoms. The van der Waals surface area contributed by atoms with Crippen LogP contribution in [0.5, 0.6) is 0 Å². The van der Waals surface area contributed by atoms with Crippen molar-refractivity contribution in [3.63, 3.8) is 0 Å². The first-order valence-electron chi connectivity index (χ1n) is 12.7. The van der Waals surface area contributed by atoms with E-state index in [4.69, 9.17) is 11.6 Å². The van der Waals surface area contributed by atoms with E-state index >= 15 is 0 Å². The molecule has 1 aromatic carbocycles. The number of nitrogens with zero attached hydrogens (tertiary/aromatic N) is 6. The normalized spacial score (nSPS) is 15.2. The lowest BCUT2D eigenvalue weighted by molar-refractivity contribution is 0.443. The maximum absolute atomic E-state index is 14.0. The van der Waals surface area contributed by atoms with E-state index in [9.17, 15) is 9.65 Å². The second kappa shape index (κ2) is 10.2. The van der Waals surface area contributed by atoms with Crippen molar-refractivity contribution in [3.8, 4) is 6.07 Å². The smallest absolute Gasteiger partial charge is 0.213 e. The molecule has 1 aliphatic carbocycles. The molecule has 0 saturated heterocycles. The van der Waals surface area contributed by atoms with E-state index in [2.05, 4.69) is 87.3 Å². The number of pyridine rings is 2. The largest absolute Gasteiger partial charge is 0.383 e. The molecule has 0 amide bonds. The number of benzene rings is 1. The lowest BCUT2D eigenvalue weighted by atomic mass is 9.96. The number of rotatable bonds is 7. The van der Waals surface area contributed by atoms with Gasteiger partial charge in [0.2, 0.25) is 5.95 Å². The predicted octanol–water partition coefficient (Wildman–Crippen LogP) is 6.97. The van der Waals surface area contributed by atoms with Crippen molar-refractivity contribution in [1.82, 2.24) is 25.0 Å². The number of fused-ring (bicyclic) bond motifs is 1. The van der Waals surface area contributed by atoms with Crippen LogP contribution in [-0.4, -0.2) is 31.5 Å². The van der Waals surface area contributed by atoms with Gasteiger partial charge in [0.15, 0.2) is 0 Å². The van der Waals surface area contributed by atoms with Crippen molar-refractivity contribution < 1.29 is 4.39 Å². The summed E-state index contributed by atoms with van der Waals surface area (Å²) in [7, 11) is 0. The summed E-state index contributed by atoms with van der Waals surface area (Å²) in [5.74, 6) is -0.544. The second-order valence-electron chi connectivity index (χ2n) is 11.5.